The number of carbonyl (C=O) groups is 1. The van der Waals surface area contributed by atoms with Gasteiger partial charge in [0.2, 0.25) is 11.8 Å². The molecule has 2 N–H and O–H groups in total. The normalized spacial score (nSPS) is 18.6. The summed E-state index contributed by atoms with van der Waals surface area (Å²) in [6.07, 6.45) is 0. The standard InChI is InChI=1S/C12H21N5O3/c1-8(13-3)10-15-16-12(20-10)14-9(2)11(18)17-4-6-19-7-5-17/h8-9,13H,4-7H2,1-3H3,(H,14,16). The molecular formula is C12H21N5O3. The Balaban J connectivity index is 1.91. The zero-order valence-corrected chi connectivity index (χ0v) is 12.0. The van der Waals surface area contributed by atoms with E-state index < -0.39 is 6.04 Å². The van der Waals surface area contributed by atoms with Crippen LogP contribution in [-0.4, -0.2) is 60.4 Å². The van der Waals surface area contributed by atoms with Crippen molar-refractivity contribution in [3.8, 4) is 0 Å². The van der Waals surface area contributed by atoms with Crippen molar-refractivity contribution >= 4 is 11.9 Å². The van der Waals surface area contributed by atoms with E-state index in [0.29, 0.717) is 32.2 Å². The minimum atomic E-state index is -0.411. The smallest absolute Gasteiger partial charge is 0.316 e. The molecule has 1 saturated heterocycles. The van der Waals surface area contributed by atoms with Gasteiger partial charge in [-0.1, -0.05) is 5.10 Å². The molecule has 0 aliphatic carbocycles. The zero-order chi connectivity index (χ0) is 14.5. The van der Waals surface area contributed by atoms with Gasteiger partial charge in [-0.3, -0.25) is 4.79 Å². The van der Waals surface area contributed by atoms with E-state index in [0.717, 1.165) is 0 Å². The van der Waals surface area contributed by atoms with Crippen LogP contribution in [0.15, 0.2) is 4.42 Å². The van der Waals surface area contributed by atoms with E-state index in [9.17, 15) is 4.79 Å². The highest BCUT2D eigenvalue weighted by molar-refractivity contribution is 5.83. The van der Waals surface area contributed by atoms with Gasteiger partial charge in [0, 0.05) is 13.1 Å². The highest BCUT2D eigenvalue weighted by Gasteiger charge is 2.24. The summed E-state index contributed by atoms with van der Waals surface area (Å²) in [6.45, 7) is 6.11. The van der Waals surface area contributed by atoms with E-state index in [-0.39, 0.29) is 18.0 Å². The van der Waals surface area contributed by atoms with Crippen LogP contribution in [0.2, 0.25) is 0 Å². The topological polar surface area (TPSA) is 92.5 Å². The molecule has 0 aromatic carbocycles. The Morgan fingerprint density at radius 3 is 2.65 bits per heavy atom. The molecule has 20 heavy (non-hydrogen) atoms. The summed E-state index contributed by atoms with van der Waals surface area (Å²) >= 11 is 0. The second-order valence-corrected chi connectivity index (χ2v) is 4.76. The van der Waals surface area contributed by atoms with Gasteiger partial charge in [0.15, 0.2) is 0 Å². The van der Waals surface area contributed by atoms with Crippen molar-refractivity contribution in [2.24, 2.45) is 0 Å². The van der Waals surface area contributed by atoms with Crippen molar-refractivity contribution in [1.29, 1.82) is 0 Å². The van der Waals surface area contributed by atoms with E-state index in [2.05, 4.69) is 20.8 Å². The molecule has 8 heteroatoms. The minimum absolute atomic E-state index is 0.00900. The van der Waals surface area contributed by atoms with Crippen molar-refractivity contribution in [3.63, 3.8) is 0 Å². The third-order valence-electron chi connectivity index (χ3n) is 3.28. The summed E-state index contributed by atoms with van der Waals surface area (Å²) in [5.74, 6) is 0.496. The summed E-state index contributed by atoms with van der Waals surface area (Å²) < 4.78 is 10.7. The average Bonchev–Trinajstić information content (AvgIpc) is 2.95. The number of carbonyl (C=O) groups excluding carboxylic acids is 1. The molecule has 1 aromatic heterocycles. The summed E-state index contributed by atoms with van der Waals surface area (Å²) in [4.78, 5) is 14.0. The van der Waals surface area contributed by atoms with Gasteiger partial charge in [0.05, 0.1) is 19.3 Å². The summed E-state index contributed by atoms with van der Waals surface area (Å²) in [5, 5.41) is 13.8. The predicted molar refractivity (Wildman–Crippen MR) is 72.3 cm³/mol. The average molecular weight is 283 g/mol. The Bertz CT molecular complexity index is 444. The van der Waals surface area contributed by atoms with E-state index in [4.69, 9.17) is 9.15 Å². The molecule has 8 nitrogen and oxygen atoms in total. The van der Waals surface area contributed by atoms with Crippen LogP contribution in [0.5, 0.6) is 0 Å². The summed E-state index contributed by atoms with van der Waals surface area (Å²) in [7, 11) is 1.81. The van der Waals surface area contributed by atoms with Crippen LogP contribution in [0.25, 0.3) is 0 Å². The van der Waals surface area contributed by atoms with Gasteiger partial charge in [-0.05, 0) is 20.9 Å². The van der Waals surface area contributed by atoms with Crippen molar-refractivity contribution < 1.29 is 13.9 Å². The number of anilines is 1. The van der Waals surface area contributed by atoms with Crippen LogP contribution in [0.1, 0.15) is 25.8 Å². The minimum Gasteiger partial charge on any atom is -0.406 e. The maximum atomic E-state index is 12.2. The number of hydrogen-bond donors (Lipinski definition) is 2. The molecule has 0 bridgehead atoms. The molecule has 2 heterocycles. The molecule has 1 aliphatic heterocycles. The number of ether oxygens (including phenoxy) is 1. The van der Waals surface area contributed by atoms with Crippen LogP contribution >= 0.6 is 0 Å². The lowest BCUT2D eigenvalue weighted by atomic mass is 10.2. The van der Waals surface area contributed by atoms with E-state index in [1.165, 1.54) is 0 Å². The SMILES string of the molecule is CNC(C)c1nnc(NC(C)C(=O)N2CCOCC2)o1. The van der Waals surface area contributed by atoms with E-state index in [1.807, 2.05) is 14.0 Å². The Morgan fingerprint density at radius 1 is 1.30 bits per heavy atom. The maximum Gasteiger partial charge on any atom is 0.316 e. The van der Waals surface area contributed by atoms with Crippen LogP contribution in [0.3, 0.4) is 0 Å². The first-order chi connectivity index (χ1) is 9.61. The monoisotopic (exact) mass is 283 g/mol. The molecule has 1 amide bonds. The zero-order valence-electron chi connectivity index (χ0n) is 12.0. The fourth-order valence-corrected chi connectivity index (χ4v) is 1.90. The Labute approximate surface area is 117 Å². The second kappa shape index (κ2) is 6.67. The number of aromatic nitrogens is 2. The van der Waals surface area contributed by atoms with Gasteiger partial charge < -0.3 is 24.7 Å². The van der Waals surface area contributed by atoms with Gasteiger partial charge in [-0.25, -0.2) is 0 Å². The maximum absolute atomic E-state index is 12.2. The van der Waals surface area contributed by atoms with Gasteiger partial charge in [0.1, 0.15) is 6.04 Å². The lowest BCUT2D eigenvalue weighted by Crippen LogP contribution is -2.47. The van der Waals surface area contributed by atoms with E-state index >= 15 is 0 Å². The molecule has 0 saturated carbocycles. The molecule has 0 spiro atoms. The van der Waals surface area contributed by atoms with Crippen molar-refractivity contribution in [3.05, 3.63) is 5.89 Å². The molecule has 0 radical (unpaired) electrons. The molecule has 2 unspecified atom stereocenters. The Morgan fingerprint density at radius 2 is 2.00 bits per heavy atom. The molecule has 2 rings (SSSR count). The highest BCUT2D eigenvalue weighted by Crippen LogP contribution is 2.14. The third-order valence-corrected chi connectivity index (χ3v) is 3.28. The summed E-state index contributed by atoms with van der Waals surface area (Å²) in [6, 6.07) is -0.175. The number of rotatable bonds is 5. The molecule has 1 fully saturated rings. The van der Waals surface area contributed by atoms with Crippen LogP contribution in [0, 0.1) is 0 Å². The number of nitrogens with one attached hydrogen (secondary N) is 2. The highest BCUT2D eigenvalue weighted by atomic mass is 16.5. The molecule has 2 atom stereocenters. The van der Waals surface area contributed by atoms with Gasteiger partial charge in [-0.15, -0.1) is 5.10 Å². The molecular weight excluding hydrogens is 262 g/mol. The first-order valence-electron chi connectivity index (χ1n) is 6.75. The first-order valence-corrected chi connectivity index (χ1v) is 6.75. The number of nitrogens with zero attached hydrogens (tertiary/aromatic N) is 3. The quantitative estimate of drug-likeness (QED) is 0.786. The van der Waals surface area contributed by atoms with Crippen molar-refractivity contribution in [2.75, 3.05) is 38.7 Å². The molecule has 1 aromatic rings. The summed E-state index contributed by atoms with van der Waals surface area (Å²) in [5.41, 5.74) is 0. The Hall–Kier alpha value is -1.67. The van der Waals surface area contributed by atoms with Crippen molar-refractivity contribution in [2.45, 2.75) is 25.9 Å². The fraction of sp³-hybridized carbons (Fsp3) is 0.750. The molecule has 1 aliphatic rings. The largest absolute Gasteiger partial charge is 0.406 e. The predicted octanol–water partition coefficient (Wildman–Crippen LogP) is 0.00920. The lowest BCUT2D eigenvalue weighted by molar-refractivity contribution is -0.135. The van der Waals surface area contributed by atoms with Gasteiger partial charge in [-0.2, -0.15) is 0 Å². The fourth-order valence-electron chi connectivity index (χ4n) is 1.90. The van der Waals surface area contributed by atoms with Crippen LogP contribution in [-0.2, 0) is 9.53 Å². The Kier molecular flexibility index (Phi) is 4.91. The number of hydrogen-bond acceptors (Lipinski definition) is 7. The van der Waals surface area contributed by atoms with Gasteiger partial charge >= 0.3 is 6.01 Å². The van der Waals surface area contributed by atoms with Crippen molar-refractivity contribution in [1.82, 2.24) is 20.4 Å². The van der Waals surface area contributed by atoms with Crippen LogP contribution in [0.4, 0.5) is 6.01 Å². The first kappa shape index (κ1) is 14.7. The van der Waals surface area contributed by atoms with Crippen LogP contribution < -0.4 is 10.6 Å². The number of morpholine rings is 1. The van der Waals surface area contributed by atoms with E-state index in [1.54, 1.807) is 11.8 Å². The lowest BCUT2D eigenvalue weighted by Gasteiger charge is -2.29. The number of amides is 1. The van der Waals surface area contributed by atoms with Gasteiger partial charge in [0.25, 0.3) is 0 Å². The third kappa shape index (κ3) is 3.45. The molecule has 112 valence electrons. The second-order valence-electron chi connectivity index (χ2n) is 4.76.